The first-order valence-corrected chi connectivity index (χ1v) is 5.89. The fourth-order valence-corrected chi connectivity index (χ4v) is 1.71. The van der Waals surface area contributed by atoms with E-state index in [1.54, 1.807) is 14.0 Å². The SMILES string of the molecule is COc1c(C(=O)N(C)C(C)CC#N)cccc1[N+](=O)[O-]. The highest BCUT2D eigenvalue weighted by Gasteiger charge is 2.26. The van der Waals surface area contributed by atoms with Crippen LogP contribution in [0.4, 0.5) is 5.69 Å². The molecule has 0 spiro atoms. The molecule has 1 aromatic rings. The Labute approximate surface area is 116 Å². The molecule has 1 aromatic carbocycles. The van der Waals surface area contributed by atoms with Crippen molar-refractivity contribution in [2.75, 3.05) is 14.2 Å². The Morgan fingerprint density at radius 3 is 2.75 bits per heavy atom. The molecule has 7 nitrogen and oxygen atoms in total. The Bertz CT molecular complexity index is 565. The van der Waals surface area contributed by atoms with Crippen LogP contribution in [0.3, 0.4) is 0 Å². The third-order valence-electron chi connectivity index (χ3n) is 2.99. The molecular weight excluding hydrogens is 262 g/mol. The number of para-hydroxylation sites is 1. The molecule has 106 valence electrons. The molecule has 0 N–H and O–H groups in total. The lowest BCUT2D eigenvalue weighted by Crippen LogP contribution is -2.35. The van der Waals surface area contributed by atoms with E-state index in [4.69, 9.17) is 10.00 Å². The third kappa shape index (κ3) is 3.03. The van der Waals surface area contributed by atoms with Crippen LogP contribution in [0.15, 0.2) is 18.2 Å². The third-order valence-corrected chi connectivity index (χ3v) is 2.99. The number of rotatable bonds is 5. The first-order valence-electron chi connectivity index (χ1n) is 5.89. The second-order valence-corrected chi connectivity index (χ2v) is 4.24. The standard InChI is InChI=1S/C13H15N3O4/c1-9(7-8-14)15(2)13(17)10-5-4-6-11(16(18)19)12(10)20-3/h4-6,9H,7H2,1-3H3. The van der Waals surface area contributed by atoms with Crippen molar-refractivity contribution < 1.29 is 14.5 Å². The summed E-state index contributed by atoms with van der Waals surface area (Å²) >= 11 is 0. The van der Waals surface area contributed by atoms with Gasteiger partial charge in [-0.2, -0.15) is 5.26 Å². The molecule has 1 rings (SSSR count). The number of nitro benzene ring substituents is 1. The van der Waals surface area contributed by atoms with Gasteiger partial charge in [-0.3, -0.25) is 14.9 Å². The molecule has 0 aliphatic carbocycles. The summed E-state index contributed by atoms with van der Waals surface area (Å²) in [6, 6.07) is 5.85. The van der Waals surface area contributed by atoms with Crippen molar-refractivity contribution in [3.8, 4) is 11.8 Å². The van der Waals surface area contributed by atoms with Gasteiger partial charge in [-0.25, -0.2) is 0 Å². The highest BCUT2D eigenvalue weighted by atomic mass is 16.6. The van der Waals surface area contributed by atoms with Crippen molar-refractivity contribution in [1.29, 1.82) is 5.26 Å². The monoisotopic (exact) mass is 277 g/mol. The van der Waals surface area contributed by atoms with E-state index >= 15 is 0 Å². The van der Waals surface area contributed by atoms with E-state index < -0.39 is 10.8 Å². The van der Waals surface area contributed by atoms with E-state index in [-0.39, 0.29) is 29.5 Å². The highest BCUT2D eigenvalue weighted by Crippen LogP contribution is 2.31. The molecule has 0 saturated heterocycles. The Hall–Kier alpha value is -2.62. The molecule has 0 aliphatic heterocycles. The number of hydrogen-bond acceptors (Lipinski definition) is 5. The lowest BCUT2D eigenvalue weighted by molar-refractivity contribution is -0.385. The van der Waals surface area contributed by atoms with Gasteiger partial charge in [-0.15, -0.1) is 0 Å². The minimum atomic E-state index is -0.603. The first-order chi connectivity index (χ1) is 9.43. The lowest BCUT2D eigenvalue weighted by atomic mass is 10.1. The van der Waals surface area contributed by atoms with Crippen molar-refractivity contribution in [3.05, 3.63) is 33.9 Å². The van der Waals surface area contributed by atoms with Gasteiger partial charge in [0.1, 0.15) is 0 Å². The van der Waals surface area contributed by atoms with Crippen LogP contribution in [-0.2, 0) is 0 Å². The van der Waals surface area contributed by atoms with Gasteiger partial charge >= 0.3 is 5.69 Å². The Morgan fingerprint density at radius 1 is 1.60 bits per heavy atom. The van der Waals surface area contributed by atoms with Crippen molar-refractivity contribution >= 4 is 11.6 Å². The minimum absolute atomic E-state index is 0.0708. The molecular formula is C13H15N3O4. The van der Waals surface area contributed by atoms with E-state index in [1.165, 1.54) is 30.2 Å². The number of nitro groups is 1. The van der Waals surface area contributed by atoms with Gasteiger partial charge < -0.3 is 9.64 Å². The number of carbonyl (C=O) groups is 1. The topological polar surface area (TPSA) is 96.5 Å². The molecule has 0 aliphatic rings. The molecule has 20 heavy (non-hydrogen) atoms. The molecule has 0 radical (unpaired) electrons. The second kappa shape index (κ2) is 6.52. The van der Waals surface area contributed by atoms with Crippen molar-refractivity contribution in [2.24, 2.45) is 0 Å². The number of methoxy groups -OCH3 is 1. The molecule has 1 atom stereocenters. The van der Waals surface area contributed by atoms with E-state index in [0.29, 0.717) is 0 Å². The molecule has 0 saturated carbocycles. The fraction of sp³-hybridized carbons (Fsp3) is 0.385. The summed E-state index contributed by atoms with van der Waals surface area (Å²) in [5.41, 5.74) is -0.159. The number of ether oxygens (including phenoxy) is 1. The van der Waals surface area contributed by atoms with Crippen molar-refractivity contribution in [3.63, 3.8) is 0 Å². The van der Waals surface area contributed by atoms with Crippen LogP contribution in [-0.4, -0.2) is 35.9 Å². The van der Waals surface area contributed by atoms with E-state index in [0.717, 1.165) is 0 Å². The highest BCUT2D eigenvalue weighted by molar-refractivity contribution is 5.98. The largest absolute Gasteiger partial charge is 0.490 e. The normalized spacial score (nSPS) is 11.3. The quantitative estimate of drug-likeness (QED) is 0.605. The van der Waals surface area contributed by atoms with Crippen LogP contribution >= 0.6 is 0 Å². The summed E-state index contributed by atoms with van der Waals surface area (Å²) in [6.07, 6.45) is 0.180. The number of nitriles is 1. The number of nitrogens with zero attached hydrogens (tertiary/aromatic N) is 3. The zero-order valence-corrected chi connectivity index (χ0v) is 11.5. The smallest absolute Gasteiger partial charge is 0.311 e. The van der Waals surface area contributed by atoms with Crippen LogP contribution in [0.5, 0.6) is 5.75 Å². The molecule has 1 unspecified atom stereocenters. The average Bonchev–Trinajstić information content (AvgIpc) is 2.44. The maximum atomic E-state index is 12.3. The van der Waals surface area contributed by atoms with Gasteiger partial charge in [0.05, 0.1) is 30.1 Å². The summed E-state index contributed by atoms with van der Waals surface area (Å²) in [4.78, 5) is 24.0. The van der Waals surface area contributed by atoms with Gasteiger partial charge in [0.25, 0.3) is 5.91 Å². The second-order valence-electron chi connectivity index (χ2n) is 4.24. The van der Waals surface area contributed by atoms with E-state index in [9.17, 15) is 14.9 Å². The van der Waals surface area contributed by atoms with E-state index in [2.05, 4.69) is 0 Å². The van der Waals surface area contributed by atoms with Crippen LogP contribution in [0, 0.1) is 21.4 Å². The number of amides is 1. The number of hydrogen-bond donors (Lipinski definition) is 0. The summed E-state index contributed by atoms with van der Waals surface area (Å²) < 4.78 is 4.99. The van der Waals surface area contributed by atoms with Crippen LogP contribution < -0.4 is 4.74 Å². The zero-order chi connectivity index (χ0) is 15.3. The van der Waals surface area contributed by atoms with Crippen molar-refractivity contribution in [2.45, 2.75) is 19.4 Å². The fourth-order valence-electron chi connectivity index (χ4n) is 1.71. The predicted molar refractivity (Wildman–Crippen MR) is 71.4 cm³/mol. The van der Waals surface area contributed by atoms with E-state index in [1.807, 2.05) is 6.07 Å². The minimum Gasteiger partial charge on any atom is -0.490 e. The van der Waals surface area contributed by atoms with Gasteiger partial charge in [-0.05, 0) is 13.0 Å². The molecule has 7 heteroatoms. The number of benzene rings is 1. The molecule has 0 aromatic heterocycles. The summed E-state index contributed by atoms with van der Waals surface area (Å²) in [7, 11) is 2.82. The Morgan fingerprint density at radius 2 is 2.25 bits per heavy atom. The van der Waals surface area contributed by atoms with Crippen LogP contribution in [0.2, 0.25) is 0 Å². The van der Waals surface area contributed by atoms with Crippen LogP contribution in [0.25, 0.3) is 0 Å². The van der Waals surface area contributed by atoms with Gasteiger partial charge in [0.2, 0.25) is 5.75 Å². The Kier molecular flexibility index (Phi) is 5.03. The lowest BCUT2D eigenvalue weighted by Gasteiger charge is -2.23. The summed E-state index contributed by atoms with van der Waals surface area (Å²) in [6.45, 7) is 1.73. The van der Waals surface area contributed by atoms with Gasteiger partial charge in [0, 0.05) is 19.2 Å². The summed E-state index contributed by atoms with van der Waals surface area (Å²) in [5, 5.41) is 19.6. The van der Waals surface area contributed by atoms with Gasteiger partial charge in [-0.1, -0.05) is 6.07 Å². The molecule has 0 bridgehead atoms. The zero-order valence-electron chi connectivity index (χ0n) is 11.5. The first kappa shape index (κ1) is 15.4. The summed E-state index contributed by atoms with van der Waals surface area (Å²) in [5.74, 6) is -0.494. The van der Waals surface area contributed by atoms with Gasteiger partial charge in [0.15, 0.2) is 0 Å². The van der Waals surface area contributed by atoms with Crippen molar-refractivity contribution in [1.82, 2.24) is 4.90 Å². The molecule has 0 fully saturated rings. The number of carbonyl (C=O) groups excluding carboxylic acids is 1. The van der Waals surface area contributed by atoms with Crippen LogP contribution in [0.1, 0.15) is 23.7 Å². The molecule has 0 heterocycles. The Balaban J connectivity index is 3.20. The molecule has 1 amide bonds. The maximum absolute atomic E-state index is 12.3. The maximum Gasteiger partial charge on any atom is 0.311 e. The predicted octanol–water partition coefficient (Wildman–Crippen LogP) is 1.98. The average molecular weight is 277 g/mol.